The van der Waals surface area contributed by atoms with Gasteiger partial charge in [0.15, 0.2) is 23.0 Å². The van der Waals surface area contributed by atoms with Gasteiger partial charge in [-0.3, -0.25) is 19.3 Å². The maximum absolute atomic E-state index is 13.9. The molecule has 0 aromatic heterocycles. The second-order valence-electron chi connectivity index (χ2n) is 12.5. The fourth-order valence-electron chi connectivity index (χ4n) is 8.39. The average molecular weight is 636 g/mol. The number of cyclic esters (lactones) is 1. The van der Waals surface area contributed by atoms with E-state index in [2.05, 4.69) is 0 Å². The van der Waals surface area contributed by atoms with Crippen molar-refractivity contribution in [1.29, 1.82) is 0 Å². The van der Waals surface area contributed by atoms with Crippen LogP contribution in [-0.4, -0.2) is 81.6 Å². The zero-order valence-electron chi connectivity index (χ0n) is 25.7. The Hall–Kier alpha value is -4.52. The molecule has 2 bridgehead atoms. The van der Waals surface area contributed by atoms with Crippen LogP contribution in [0.5, 0.6) is 28.7 Å². The molecule has 0 N–H and O–H groups in total. The third-order valence-electron chi connectivity index (χ3n) is 10.5. The highest BCUT2D eigenvalue weighted by Gasteiger charge is 2.64. The maximum atomic E-state index is 13.9. The number of amides is 2. The summed E-state index contributed by atoms with van der Waals surface area (Å²) in [7, 11) is 4.53. The lowest BCUT2D eigenvalue weighted by Crippen LogP contribution is -2.47. The van der Waals surface area contributed by atoms with E-state index < -0.39 is 65.5 Å². The van der Waals surface area contributed by atoms with Crippen LogP contribution in [-0.2, 0) is 33.4 Å². The number of esters is 2. The van der Waals surface area contributed by atoms with E-state index in [0.29, 0.717) is 45.4 Å². The molecule has 0 saturated carbocycles. The van der Waals surface area contributed by atoms with E-state index >= 15 is 0 Å². The van der Waals surface area contributed by atoms with Gasteiger partial charge in [-0.15, -0.1) is 0 Å². The summed E-state index contributed by atoms with van der Waals surface area (Å²) in [6, 6.07) is 5.95. The number of carbonyl (C=O) groups is 4. The first kappa shape index (κ1) is 28.9. The van der Waals surface area contributed by atoms with Gasteiger partial charge in [-0.25, -0.2) is 4.79 Å². The Morgan fingerprint density at radius 2 is 1.43 bits per heavy atom. The average Bonchev–Trinajstić information content (AvgIpc) is 3.89. The highest BCUT2D eigenvalue weighted by atomic mass is 16.7. The molecular formula is C33H33NO12. The Balaban J connectivity index is 1.18. The Bertz CT molecular complexity index is 1620. The number of hydrogen-bond acceptors (Lipinski definition) is 12. The van der Waals surface area contributed by atoms with E-state index in [0.717, 1.165) is 17.7 Å². The molecule has 242 valence electrons. The molecule has 4 saturated heterocycles. The minimum Gasteiger partial charge on any atom is -0.493 e. The summed E-state index contributed by atoms with van der Waals surface area (Å²) in [5.74, 6) is -2.90. The lowest BCUT2D eigenvalue weighted by molar-refractivity contribution is -0.166. The SMILES string of the molecule is COc1cc(C2c3cc4c(cc3[C@H](OC(=O)[C@H](C)N3C(=O)C5C6CCC(O6)C5C3=O)[C@H]3COC(=O)[C@H]23)OCO4)cc(OC)c1OC. The Morgan fingerprint density at radius 3 is 2.02 bits per heavy atom. The number of carbonyl (C=O) groups excluding carboxylic acids is 4. The van der Waals surface area contributed by atoms with Crippen molar-refractivity contribution < 1.29 is 57.1 Å². The van der Waals surface area contributed by atoms with Gasteiger partial charge in [0.05, 0.1) is 57.9 Å². The summed E-state index contributed by atoms with van der Waals surface area (Å²) in [6.45, 7) is 1.51. The number of imide groups is 1. The van der Waals surface area contributed by atoms with E-state index in [1.54, 1.807) is 24.3 Å². The van der Waals surface area contributed by atoms with Crippen molar-refractivity contribution in [2.24, 2.45) is 23.7 Å². The number of benzene rings is 2. The fraction of sp³-hybridized carbons (Fsp3) is 0.515. The fourth-order valence-corrected chi connectivity index (χ4v) is 8.39. The Kier molecular flexibility index (Phi) is 6.61. The van der Waals surface area contributed by atoms with Crippen LogP contribution in [0.3, 0.4) is 0 Å². The van der Waals surface area contributed by atoms with Gasteiger partial charge >= 0.3 is 11.9 Å². The van der Waals surface area contributed by atoms with Crippen LogP contribution in [0.15, 0.2) is 24.3 Å². The van der Waals surface area contributed by atoms with Crippen LogP contribution in [0.4, 0.5) is 0 Å². The number of hydrogen-bond donors (Lipinski definition) is 0. The lowest BCUT2D eigenvalue weighted by Gasteiger charge is -2.39. The molecule has 6 aliphatic rings. The van der Waals surface area contributed by atoms with Crippen LogP contribution in [0.25, 0.3) is 0 Å². The van der Waals surface area contributed by atoms with Crippen LogP contribution >= 0.6 is 0 Å². The van der Waals surface area contributed by atoms with E-state index in [4.69, 9.17) is 37.9 Å². The van der Waals surface area contributed by atoms with Crippen LogP contribution in [0.1, 0.15) is 48.5 Å². The zero-order valence-corrected chi connectivity index (χ0v) is 25.7. The molecule has 5 heterocycles. The smallest absolute Gasteiger partial charge is 0.329 e. The summed E-state index contributed by atoms with van der Waals surface area (Å²) in [4.78, 5) is 55.2. The van der Waals surface area contributed by atoms with Crippen LogP contribution in [0.2, 0.25) is 0 Å². The predicted molar refractivity (Wildman–Crippen MR) is 153 cm³/mol. The van der Waals surface area contributed by atoms with Crippen molar-refractivity contribution in [1.82, 2.24) is 4.90 Å². The summed E-state index contributed by atoms with van der Waals surface area (Å²) < 4.78 is 45.8. The number of ether oxygens (including phenoxy) is 8. The molecule has 9 atom stereocenters. The van der Waals surface area contributed by atoms with E-state index in [1.807, 2.05) is 0 Å². The quantitative estimate of drug-likeness (QED) is 0.326. The lowest BCUT2D eigenvalue weighted by atomic mass is 9.66. The first-order chi connectivity index (χ1) is 22.2. The van der Waals surface area contributed by atoms with Crippen LogP contribution < -0.4 is 23.7 Å². The van der Waals surface area contributed by atoms with E-state index in [9.17, 15) is 19.2 Å². The highest BCUT2D eigenvalue weighted by molar-refractivity contribution is 6.08. The molecule has 2 aromatic carbocycles. The monoisotopic (exact) mass is 635 g/mol. The number of rotatable bonds is 7. The van der Waals surface area contributed by atoms with Crippen molar-refractivity contribution in [3.8, 4) is 28.7 Å². The number of methoxy groups -OCH3 is 3. The minimum atomic E-state index is -1.17. The molecule has 1 aliphatic carbocycles. The summed E-state index contributed by atoms with van der Waals surface area (Å²) in [5.41, 5.74) is 1.96. The van der Waals surface area contributed by atoms with Crippen molar-refractivity contribution in [3.63, 3.8) is 0 Å². The second-order valence-corrected chi connectivity index (χ2v) is 12.5. The summed E-state index contributed by atoms with van der Waals surface area (Å²) in [5, 5.41) is 0. The topological polar surface area (TPSA) is 145 Å². The van der Waals surface area contributed by atoms with Gasteiger partial charge in [0.1, 0.15) is 12.1 Å². The normalized spacial score (nSPS) is 32.1. The second kappa shape index (κ2) is 10.5. The van der Waals surface area contributed by atoms with Gasteiger partial charge in [0.25, 0.3) is 0 Å². The van der Waals surface area contributed by atoms with E-state index in [-0.39, 0.29) is 25.6 Å². The van der Waals surface area contributed by atoms with Gasteiger partial charge < -0.3 is 37.9 Å². The van der Waals surface area contributed by atoms with E-state index in [1.165, 1.54) is 28.3 Å². The Labute approximate surface area is 263 Å². The summed E-state index contributed by atoms with van der Waals surface area (Å²) in [6.07, 6.45) is -0.110. The number of nitrogens with zero attached hydrogens (tertiary/aromatic N) is 1. The molecule has 4 fully saturated rings. The molecule has 13 nitrogen and oxygen atoms in total. The molecule has 0 spiro atoms. The third-order valence-corrected chi connectivity index (χ3v) is 10.5. The van der Waals surface area contributed by atoms with Gasteiger partial charge in [-0.1, -0.05) is 0 Å². The van der Waals surface area contributed by atoms with Gasteiger partial charge in [-0.2, -0.15) is 0 Å². The first-order valence-corrected chi connectivity index (χ1v) is 15.4. The molecule has 46 heavy (non-hydrogen) atoms. The largest absolute Gasteiger partial charge is 0.493 e. The zero-order chi connectivity index (χ0) is 32.0. The van der Waals surface area contributed by atoms with Crippen molar-refractivity contribution in [2.45, 2.75) is 50.0 Å². The van der Waals surface area contributed by atoms with Crippen molar-refractivity contribution in [3.05, 3.63) is 41.0 Å². The van der Waals surface area contributed by atoms with Crippen molar-refractivity contribution >= 4 is 23.8 Å². The Morgan fingerprint density at radius 1 is 0.826 bits per heavy atom. The van der Waals surface area contributed by atoms with Gasteiger partial charge in [0, 0.05) is 17.4 Å². The molecule has 5 aliphatic heterocycles. The third kappa shape index (κ3) is 3.96. The first-order valence-electron chi connectivity index (χ1n) is 15.4. The summed E-state index contributed by atoms with van der Waals surface area (Å²) >= 11 is 0. The predicted octanol–water partition coefficient (Wildman–Crippen LogP) is 2.51. The molecule has 2 amide bonds. The molecule has 2 aromatic rings. The minimum absolute atomic E-state index is 0.00292. The van der Waals surface area contributed by atoms with Gasteiger partial charge in [0.2, 0.25) is 24.4 Å². The highest BCUT2D eigenvalue weighted by Crippen LogP contribution is 2.57. The maximum Gasteiger partial charge on any atom is 0.329 e. The van der Waals surface area contributed by atoms with Crippen LogP contribution in [0, 0.1) is 23.7 Å². The molecule has 5 unspecified atom stereocenters. The molecule has 13 heteroatoms. The standard InChI is InChI=1S/C33H33NO12/c1-13(34-30(35)26-18-5-6-19(45-18)27(26)31(34)36)32(37)46-28-16-10-21-20(43-12-44-21)9-15(16)24(25-17(28)11-42-33(25)38)14-7-22(39-2)29(41-4)23(8-14)40-3/h7-10,13,17-19,24-28H,5-6,11-12H2,1-4H3/t13-,17-,18?,19?,24?,25-,26?,27?,28-/m0/s1. The molecular weight excluding hydrogens is 602 g/mol. The molecule has 8 rings (SSSR count). The number of likely N-dealkylation sites (tertiary alicyclic amines) is 1. The number of fused-ring (bicyclic) bond motifs is 8. The molecule has 0 radical (unpaired) electrons. The van der Waals surface area contributed by atoms with Gasteiger partial charge in [-0.05, 0) is 55.2 Å². The van der Waals surface area contributed by atoms with Crippen molar-refractivity contribution in [2.75, 3.05) is 34.7 Å².